The Bertz CT molecular complexity index is 1320. The van der Waals surface area contributed by atoms with Gasteiger partial charge in [0.2, 0.25) is 0 Å². The van der Waals surface area contributed by atoms with Crippen LogP contribution in [0.2, 0.25) is 0 Å². The van der Waals surface area contributed by atoms with E-state index in [1.807, 2.05) is 21.9 Å². The van der Waals surface area contributed by atoms with E-state index in [-0.39, 0.29) is 0 Å². The van der Waals surface area contributed by atoms with Gasteiger partial charge in [-0.05, 0) is 36.3 Å². The molecule has 6 nitrogen and oxygen atoms in total. The lowest BCUT2D eigenvalue weighted by Crippen LogP contribution is -2.08. The Balaban J connectivity index is 1.58. The van der Waals surface area contributed by atoms with Gasteiger partial charge < -0.3 is 0 Å². The van der Waals surface area contributed by atoms with E-state index in [1.165, 1.54) is 32.6 Å². The molecule has 1 aliphatic carbocycles. The van der Waals surface area contributed by atoms with Crippen molar-refractivity contribution in [1.29, 1.82) is 0 Å². The maximum absolute atomic E-state index is 4.57. The topological polar surface area (TPSA) is 60.4 Å². The molecule has 28 heavy (non-hydrogen) atoms. The van der Waals surface area contributed by atoms with Crippen LogP contribution in [0.3, 0.4) is 0 Å². The molecule has 140 valence electrons. The smallest absolute Gasteiger partial charge is 0.244 e. The first-order chi connectivity index (χ1) is 13.8. The van der Waals surface area contributed by atoms with E-state index in [9.17, 15) is 0 Å². The number of benzene rings is 1. The lowest BCUT2D eigenvalue weighted by Gasteiger charge is -2.17. The van der Waals surface area contributed by atoms with Gasteiger partial charge in [0, 0.05) is 10.6 Å². The fraction of sp³-hybridized carbons (Fsp3) is 0.300. The predicted octanol–water partition coefficient (Wildman–Crippen LogP) is 4.40. The van der Waals surface area contributed by atoms with Gasteiger partial charge in [-0.1, -0.05) is 49.0 Å². The number of thiophene rings is 1. The molecule has 6 rings (SSSR count). The molecule has 0 spiro atoms. The van der Waals surface area contributed by atoms with Gasteiger partial charge in [-0.15, -0.1) is 21.5 Å². The highest BCUT2D eigenvalue weighted by Crippen LogP contribution is 2.41. The van der Waals surface area contributed by atoms with E-state index < -0.39 is 0 Å². The Morgan fingerprint density at radius 1 is 1.21 bits per heavy atom. The Labute approximate surface area is 169 Å². The highest BCUT2D eigenvalue weighted by atomic mass is 32.2. The summed E-state index contributed by atoms with van der Waals surface area (Å²) in [4.78, 5) is 7.26. The maximum atomic E-state index is 4.57. The molecule has 0 N–H and O–H groups in total. The van der Waals surface area contributed by atoms with Crippen LogP contribution in [0.1, 0.15) is 29.3 Å². The zero-order chi connectivity index (χ0) is 18.7. The molecule has 1 aromatic carbocycles. The molecule has 0 radical (unpaired) electrons. The lowest BCUT2D eigenvalue weighted by molar-refractivity contribution is 0.509. The summed E-state index contributed by atoms with van der Waals surface area (Å²) < 4.78 is 4.02. The van der Waals surface area contributed by atoms with E-state index >= 15 is 0 Å². The van der Waals surface area contributed by atoms with Crippen LogP contribution >= 0.6 is 23.1 Å². The zero-order valence-electron chi connectivity index (χ0n) is 15.4. The molecule has 0 saturated carbocycles. The van der Waals surface area contributed by atoms with Crippen molar-refractivity contribution in [1.82, 2.24) is 29.2 Å². The van der Waals surface area contributed by atoms with Crippen LogP contribution in [-0.2, 0) is 18.6 Å². The van der Waals surface area contributed by atoms with Crippen LogP contribution in [-0.4, -0.2) is 29.2 Å². The fourth-order valence-electron chi connectivity index (χ4n) is 4.08. The highest BCUT2D eigenvalue weighted by Gasteiger charge is 2.26. The zero-order valence-corrected chi connectivity index (χ0v) is 17.0. The molecule has 8 heteroatoms. The standard InChI is InChI=1S/C20H18N6S2/c1-12-7-8-14-15(9-12)28-18-16(14)17-21-11-22-26(17)19-23-24-20(25(18)19)27-10-13-5-3-2-4-6-13/h2-6,11-12H,7-10H2,1H3/t12-/m1/s1. The average molecular weight is 407 g/mol. The second-order valence-corrected chi connectivity index (χ2v) is 9.45. The van der Waals surface area contributed by atoms with Gasteiger partial charge in [0.25, 0.3) is 5.78 Å². The third kappa shape index (κ3) is 2.41. The number of hydrogen-bond donors (Lipinski definition) is 0. The molecule has 5 aromatic rings. The molecular formula is C20H18N6S2. The van der Waals surface area contributed by atoms with Crippen LogP contribution in [0, 0.1) is 5.92 Å². The first kappa shape index (κ1) is 16.5. The molecule has 0 saturated heterocycles. The van der Waals surface area contributed by atoms with E-state index in [4.69, 9.17) is 0 Å². The van der Waals surface area contributed by atoms with Gasteiger partial charge in [-0.25, -0.2) is 9.38 Å². The molecule has 1 aliphatic rings. The second kappa shape index (κ2) is 6.28. The van der Waals surface area contributed by atoms with Crippen molar-refractivity contribution in [3.63, 3.8) is 0 Å². The van der Waals surface area contributed by atoms with Crippen LogP contribution in [0.4, 0.5) is 0 Å². The second-order valence-electron chi connectivity index (χ2n) is 7.42. The van der Waals surface area contributed by atoms with Crippen LogP contribution in [0.25, 0.3) is 21.6 Å². The summed E-state index contributed by atoms with van der Waals surface area (Å²) in [6.07, 6.45) is 5.11. The summed E-state index contributed by atoms with van der Waals surface area (Å²) in [6.45, 7) is 2.34. The van der Waals surface area contributed by atoms with Gasteiger partial charge in [-0.3, -0.25) is 0 Å². The van der Waals surface area contributed by atoms with Crippen molar-refractivity contribution in [2.75, 3.05) is 0 Å². The quantitative estimate of drug-likeness (QED) is 0.416. The summed E-state index contributed by atoms with van der Waals surface area (Å²) in [6, 6.07) is 10.5. The van der Waals surface area contributed by atoms with Crippen molar-refractivity contribution in [3.05, 3.63) is 52.7 Å². The predicted molar refractivity (Wildman–Crippen MR) is 112 cm³/mol. The first-order valence-electron chi connectivity index (χ1n) is 9.47. The normalized spacial score (nSPS) is 17.0. The lowest BCUT2D eigenvalue weighted by atomic mass is 9.89. The minimum Gasteiger partial charge on any atom is -0.244 e. The highest BCUT2D eigenvalue weighted by molar-refractivity contribution is 7.98. The van der Waals surface area contributed by atoms with Crippen LogP contribution < -0.4 is 0 Å². The Morgan fingerprint density at radius 2 is 2.11 bits per heavy atom. The van der Waals surface area contributed by atoms with E-state index in [0.717, 1.165) is 41.1 Å². The Kier molecular flexibility index (Phi) is 3.70. The Morgan fingerprint density at radius 3 is 3.00 bits per heavy atom. The molecule has 0 unspecified atom stereocenters. The van der Waals surface area contributed by atoms with Crippen LogP contribution in [0.15, 0.2) is 41.8 Å². The van der Waals surface area contributed by atoms with Gasteiger partial charge in [0.05, 0.1) is 5.39 Å². The summed E-state index contributed by atoms with van der Waals surface area (Å²) in [5.41, 5.74) is 3.63. The van der Waals surface area contributed by atoms with Crippen LogP contribution in [0.5, 0.6) is 0 Å². The van der Waals surface area contributed by atoms with E-state index in [1.54, 1.807) is 18.1 Å². The molecule has 0 bridgehead atoms. The molecule has 4 aromatic heterocycles. The van der Waals surface area contributed by atoms with Crippen molar-refractivity contribution in [3.8, 4) is 0 Å². The minimum absolute atomic E-state index is 0.734. The van der Waals surface area contributed by atoms with Gasteiger partial charge in [0.1, 0.15) is 11.2 Å². The number of rotatable bonds is 3. The summed E-state index contributed by atoms with van der Waals surface area (Å²) >= 11 is 3.60. The third-order valence-electron chi connectivity index (χ3n) is 5.48. The van der Waals surface area contributed by atoms with Gasteiger partial charge in [0.15, 0.2) is 10.8 Å². The number of nitrogens with zero attached hydrogens (tertiary/aromatic N) is 6. The molecular weight excluding hydrogens is 388 g/mol. The van der Waals surface area contributed by atoms with Crippen molar-refractivity contribution < 1.29 is 0 Å². The summed E-state index contributed by atoms with van der Waals surface area (Å²) in [5, 5.41) is 15.6. The van der Waals surface area contributed by atoms with E-state index in [2.05, 4.69) is 55.9 Å². The third-order valence-corrected chi connectivity index (χ3v) is 7.72. The molecule has 0 aliphatic heterocycles. The number of aromatic nitrogens is 6. The van der Waals surface area contributed by atoms with Gasteiger partial charge in [-0.2, -0.15) is 9.61 Å². The summed E-state index contributed by atoms with van der Waals surface area (Å²) in [7, 11) is 0. The minimum atomic E-state index is 0.734. The summed E-state index contributed by atoms with van der Waals surface area (Å²) in [5.74, 6) is 2.33. The SMILES string of the molecule is C[C@@H]1CCc2c(sc3c2c2ncnn2c2nnc(SCc4ccccc4)n32)C1. The van der Waals surface area contributed by atoms with Crippen molar-refractivity contribution in [2.24, 2.45) is 5.92 Å². The number of thioether (sulfide) groups is 1. The first-order valence-corrected chi connectivity index (χ1v) is 11.3. The maximum Gasteiger partial charge on any atom is 0.260 e. The van der Waals surface area contributed by atoms with Gasteiger partial charge >= 0.3 is 0 Å². The molecule has 0 amide bonds. The molecule has 0 fully saturated rings. The number of fused-ring (bicyclic) bond motifs is 8. The van der Waals surface area contributed by atoms with Crippen molar-refractivity contribution in [2.45, 2.75) is 37.1 Å². The monoisotopic (exact) mass is 406 g/mol. The fourth-order valence-corrected chi connectivity index (χ4v) is 6.53. The largest absolute Gasteiger partial charge is 0.260 e. The van der Waals surface area contributed by atoms with Crippen molar-refractivity contribution >= 4 is 44.7 Å². The average Bonchev–Trinajstić information content (AvgIpc) is 3.42. The molecule has 4 heterocycles. The molecule has 1 atom stereocenters. The Hall–Kier alpha value is -2.45. The van der Waals surface area contributed by atoms with E-state index in [0.29, 0.717) is 0 Å². The number of aryl methyl sites for hydroxylation is 1. The number of hydrogen-bond acceptors (Lipinski definition) is 6.